The molecule has 0 spiro atoms. The third-order valence-corrected chi connectivity index (χ3v) is 3.30. The second-order valence-corrected chi connectivity index (χ2v) is 4.46. The molecule has 0 radical (unpaired) electrons. The first kappa shape index (κ1) is 12.6. The van der Waals surface area contributed by atoms with Crippen LogP contribution in [0.5, 0.6) is 0 Å². The average molecular weight is 270 g/mol. The van der Waals surface area contributed by atoms with Gasteiger partial charge in [0.25, 0.3) is 0 Å². The van der Waals surface area contributed by atoms with Crippen molar-refractivity contribution in [1.29, 1.82) is 0 Å². The summed E-state index contributed by atoms with van der Waals surface area (Å²) in [6.45, 7) is 0. The van der Waals surface area contributed by atoms with Crippen molar-refractivity contribution in [2.45, 2.75) is 10.6 Å². The predicted molar refractivity (Wildman–Crippen MR) is 61.6 cm³/mol. The number of halogens is 2. The van der Waals surface area contributed by atoms with E-state index in [2.05, 4.69) is 0 Å². The lowest BCUT2D eigenvalue weighted by atomic mass is 10.3. The van der Waals surface area contributed by atoms with Gasteiger partial charge >= 0.3 is 5.97 Å². The lowest BCUT2D eigenvalue weighted by molar-refractivity contribution is 0.0661. The van der Waals surface area contributed by atoms with E-state index >= 15 is 0 Å². The van der Waals surface area contributed by atoms with E-state index in [1.807, 2.05) is 0 Å². The highest BCUT2D eigenvalue weighted by molar-refractivity contribution is 7.98. The van der Waals surface area contributed by atoms with Gasteiger partial charge in [-0.1, -0.05) is 0 Å². The van der Waals surface area contributed by atoms with Gasteiger partial charge in [0, 0.05) is 16.2 Å². The molecule has 94 valence electrons. The molecule has 0 amide bonds. The van der Waals surface area contributed by atoms with Gasteiger partial charge < -0.3 is 9.52 Å². The van der Waals surface area contributed by atoms with Crippen molar-refractivity contribution in [1.82, 2.24) is 0 Å². The van der Waals surface area contributed by atoms with Gasteiger partial charge in [-0.05, 0) is 24.3 Å². The third-order valence-electron chi connectivity index (χ3n) is 2.22. The van der Waals surface area contributed by atoms with Crippen LogP contribution in [-0.4, -0.2) is 11.1 Å². The number of carboxylic acids is 1. The summed E-state index contributed by atoms with van der Waals surface area (Å²) in [6.07, 6.45) is 1.25. The first-order chi connectivity index (χ1) is 8.58. The van der Waals surface area contributed by atoms with Crippen molar-refractivity contribution < 1.29 is 23.1 Å². The van der Waals surface area contributed by atoms with Gasteiger partial charge in [0.15, 0.2) is 0 Å². The molecule has 3 nitrogen and oxygen atoms in total. The highest BCUT2D eigenvalue weighted by Crippen LogP contribution is 2.27. The fourth-order valence-electron chi connectivity index (χ4n) is 1.38. The second-order valence-electron chi connectivity index (χ2n) is 3.44. The summed E-state index contributed by atoms with van der Waals surface area (Å²) in [6, 6.07) is 4.62. The maximum atomic E-state index is 13.3. The van der Waals surface area contributed by atoms with E-state index in [-0.39, 0.29) is 16.4 Å². The number of carboxylic acid groups (broad SMARTS) is 1. The maximum Gasteiger partial charge on any atom is 0.372 e. The minimum Gasteiger partial charge on any atom is -0.475 e. The number of hydrogen-bond donors (Lipinski definition) is 1. The first-order valence-electron chi connectivity index (χ1n) is 4.95. The van der Waals surface area contributed by atoms with Crippen LogP contribution in [0.25, 0.3) is 0 Å². The Balaban J connectivity index is 2.14. The normalized spacial score (nSPS) is 10.6. The highest BCUT2D eigenvalue weighted by atomic mass is 32.2. The molecule has 0 fully saturated rings. The summed E-state index contributed by atoms with van der Waals surface area (Å²) >= 11 is 1.01. The molecule has 1 aromatic carbocycles. The molecular formula is C12H8F2O3S. The van der Waals surface area contributed by atoms with Gasteiger partial charge in [0.05, 0.1) is 6.26 Å². The minimum atomic E-state index is -1.18. The molecule has 0 aliphatic rings. The van der Waals surface area contributed by atoms with Crippen LogP contribution in [0.4, 0.5) is 8.78 Å². The van der Waals surface area contributed by atoms with E-state index < -0.39 is 17.6 Å². The monoisotopic (exact) mass is 270 g/mol. The van der Waals surface area contributed by atoms with Gasteiger partial charge in [-0.2, -0.15) is 0 Å². The van der Waals surface area contributed by atoms with Crippen LogP contribution in [0, 0.1) is 11.6 Å². The number of carbonyl (C=O) groups is 1. The molecule has 0 unspecified atom stereocenters. The van der Waals surface area contributed by atoms with E-state index in [4.69, 9.17) is 9.52 Å². The molecule has 2 aromatic rings. The Bertz CT molecular complexity index is 580. The number of furan rings is 1. The molecule has 6 heteroatoms. The van der Waals surface area contributed by atoms with Crippen LogP contribution in [0.2, 0.25) is 0 Å². The molecule has 0 aliphatic heterocycles. The Kier molecular flexibility index (Phi) is 3.66. The van der Waals surface area contributed by atoms with E-state index in [0.717, 1.165) is 30.0 Å². The van der Waals surface area contributed by atoms with Crippen LogP contribution < -0.4 is 0 Å². The van der Waals surface area contributed by atoms with E-state index in [0.29, 0.717) is 5.56 Å². The van der Waals surface area contributed by atoms with Gasteiger partial charge in [0.2, 0.25) is 5.76 Å². The topological polar surface area (TPSA) is 50.4 Å². The molecule has 0 bridgehead atoms. The standard InChI is InChI=1S/C12H8F2O3S/c13-8-1-2-9(14)10(5-8)18-6-7-3-4-17-11(7)12(15)16/h1-5H,6H2,(H,15,16). The molecule has 0 saturated heterocycles. The fourth-order valence-corrected chi connectivity index (χ4v) is 2.32. The lowest BCUT2D eigenvalue weighted by Crippen LogP contribution is -1.97. The quantitative estimate of drug-likeness (QED) is 0.863. The molecule has 18 heavy (non-hydrogen) atoms. The van der Waals surface area contributed by atoms with Crippen molar-refractivity contribution in [3.63, 3.8) is 0 Å². The average Bonchev–Trinajstić information content (AvgIpc) is 2.79. The van der Waals surface area contributed by atoms with E-state index in [1.54, 1.807) is 0 Å². The van der Waals surface area contributed by atoms with E-state index in [1.165, 1.54) is 12.3 Å². The first-order valence-corrected chi connectivity index (χ1v) is 5.94. The molecule has 0 aliphatic carbocycles. The zero-order valence-electron chi connectivity index (χ0n) is 9.02. The SMILES string of the molecule is O=C(O)c1occc1CSc1cc(F)ccc1F. The maximum absolute atomic E-state index is 13.3. The van der Waals surface area contributed by atoms with Crippen LogP contribution in [0.3, 0.4) is 0 Å². The largest absolute Gasteiger partial charge is 0.475 e. The van der Waals surface area contributed by atoms with Crippen molar-refractivity contribution >= 4 is 17.7 Å². The van der Waals surface area contributed by atoms with Gasteiger partial charge in [0.1, 0.15) is 11.6 Å². The van der Waals surface area contributed by atoms with Crippen molar-refractivity contribution in [3.05, 3.63) is 53.5 Å². The number of hydrogen-bond acceptors (Lipinski definition) is 3. The molecule has 1 heterocycles. The molecular weight excluding hydrogens is 262 g/mol. The Morgan fingerprint density at radius 2 is 2.11 bits per heavy atom. The smallest absolute Gasteiger partial charge is 0.372 e. The molecule has 1 aromatic heterocycles. The number of rotatable bonds is 4. The Labute approximate surface area is 105 Å². The predicted octanol–water partition coefficient (Wildman–Crippen LogP) is 3.55. The van der Waals surface area contributed by atoms with Crippen LogP contribution in [-0.2, 0) is 5.75 Å². The Hall–Kier alpha value is -1.82. The van der Waals surface area contributed by atoms with E-state index in [9.17, 15) is 13.6 Å². The third kappa shape index (κ3) is 2.70. The van der Waals surface area contributed by atoms with Crippen molar-refractivity contribution in [3.8, 4) is 0 Å². The minimum absolute atomic E-state index is 0.132. The summed E-state index contributed by atoms with van der Waals surface area (Å²) in [5.41, 5.74) is 0.427. The Morgan fingerprint density at radius 3 is 2.83 bits per heavy atom. The van der Waals surface area contributed by atoms with Crippen LogP contribution in [0.1, 0.15) is 16.1 Å². The summed E-state index contributed by atoms with van der Waals surface area (Å²) < 4.78 is 31.0. The Morgan fingerprint density at radius 1 is 1.33 bits per heavy atom. The summed E-state index contributed by atoms with van der Waals surface area (Å²) in [4.78, 5) is 10.9. The second kappa shape index (κ2) is 5.22. The van der Waals surface area contributed by atoms with Gasteiger partial charge in [-0.15, -0.1) is 11.8 Å². The summed E-state index contributed by atoms with van der Waals surface area (Å²) in [5, 5.41) is 8.81. The number of thioether (sulfide) groups is 1. The zero-order valence-corrected chi connectivity index (χ0v) is 9.84. The van der Waals surface area contributed by atoms with Crippen molar-refractivity contribution in [2.24, 2.45) is 0 Å². The molecule has 0 saturated carbocycles. The van der Waals surface area contributed by atoms with Crippen LogP contribution in [0.15, 0.2) is 39.8 Å². The number of benzene rings is 1. The summed E-state index contributed by atoms with van der Waals surface area (Å²) in [5.74, 6) is -2.25. The van der Waals surface area contributed by atoms with Crippen molar-refractivity contribution in [2.75, 3.05) is 0 Å². The van der Waals surface area contributed by atoms with Gasteiger partial charge in [-0.3, -0.25) is 0 Å². The van der Waals surface area contributed by atoms with Crippen LogP contribution >= 0.6 is 11.8 Å². The lowest BCUT2D eigenvalue weighted by Gasteiger charge is -2.02. The van der Waals surface area contributed by atoms with Gasteiger partial charge in [-0.25, -0.2) is 13.6 Å². The highest BCUT2D eigenvalue weighted by Gasteiger charge is 2.14. The summed E-state index contributed by atoms with van der Waals surface area (Å²) in [7, 11) is 0. The number of aromatic carboxylic acids is 1. The molecule has 2 rings (SSSR count). The fraction of sp³-hybridized carbons (Fsp3) is 0.0833. The zero-order chi connectivity index (χ0) is 13.1. The molecule has 0 atom stereocenters. The molecule has 1 N–H and O–H groups in total.